The lowest BCUT2D eigenvalue weighted by atomic mass is 10.0. The highest BCUT2D eigenvalue weighted by molar-refractivity contribution is 5.66. The predicted octanol–water partition coefficient (Wildman–Crippen LogP) is 3.68. The molecule has 2 aromatic rings. The first kappa shape index (κ1) is 12.0. The van der Waals surface area contributed by atoms with Crippen LogP contribution >= 0.6 is 0 Å². The molecule has 0 saturated heterocycles. The van der Waals surface area contributed by atoms with E-state index in [-0.39, 0.29) is 6.04 Å². The first-order valence-corrected chi connectivity index (χ1v) is 6.06. The molecule has 98 valence electrons. The zero-order chi connectivity index (χ0) is 13.4. The second kappa shape index (κ2) is 4.53. The van der Waals surface area contributed by atoms with Crippen molar-refractivity contribution >= 4 is 5.69 Å². The summed E-state index contributed by atoms with van der Waals surface area (Å²) in [6.07, 6.45) is 0.690. The lowest BCUT2D eigenvalue weighted by Gasteiger charge is -2.13. The number of para-hydroxylation sites is 1. The number of anilines is 1. The molecule has 1 aliphatic rings. The number of hydrogen-bond donors (Lipinski definition) is 1. The van der Waals surface area contributed by atoms with Gasteiger partial charge in [0.05, 0.1) is 18.8 Å². The number of methoxy groups -OCH3 is 1. The number of rotatable bonds is 2. The number of fused-ring (bicyclic) bond motifs is 1. The van der Waals surface area contributed by atoms with E-state index in [1.807, 2.05) is 18.2 Å². The van der Waals surface area contributed by atoms with E-state index in [1.165, 1.54) is 12.1 Å². The molecule has 0 fully saturated rings. The molecule has 1 heterocycles. The summed E-state index contributed by atoms with van der Waals surface area (Å²) in [6, 6.07) is 9.23. The average molecular weight is 261 g/mol. The van der Waals surface area contributed by atoms with Crippen molar-refractivity contribution in [3.63, 3.8) is 0 Å². The first-order valence-electron chi connectivity index (χ1n) is 6.06. The third-order valence-electron chi connectivity index (χ3n) is 3.36. The van der Waals surface area contributed by atoms with Crippen molar-refractivity contribution in [3.05, 3.63) is 59.2 Å². The molecule has 19 heavy (non-hydrogen) atoms. The highest BCUT2D eigenvalue weighted by Gasteiger charge is 2.25. The van der Waals surface area contributed by atoms with E-state index in [1.54, 1.807) is 7.11 Å². The van der Waals surface area contributed by atoms with E-state index in [4.69, 9.17) is 4.74 Å². The highest BCUT2D eigenvalue weighted by Crippen LogP contribution is 2.40. The van der Waals surface area contributed by atoms with Gasteiger partial charge in [-0.1, -0.05) is 12.1 Å². The normalized spacial score (nSPS) is 16.9. The number of nitrogens with one attached hydrogen (secondary N) is 1. The van der Waals surface area contributed by atoms with Crippen LogP contribution < -0.4 is 10.1 Å². The summed E-state index contributed by atoms with van der Waals surface area (Å²) in [4.78, 5) is 0. The van der Waals surface area contributed by atoms with Gasteiger partial charge in [0.15, 0.2) is 0 Å². The van der Waals surface area contributed by atoms with E-state index >= 15 is 0 Å². The number of ether oxygens (including phenoxy) is 1. The third-order valence-corrected chi connectivity index (χ3v) is 3.36. The van der Waals surface area contributed by atoms with Gasteiger partial charge in [0.1, 0.15) is 17.4 Å². The van der Waals surface area contributed by atoms with E-state index in [0.717, 1.165) is 23.1 Å². The Morgan fingerprint density at radius 1 is 1.16 bits per heavy atom. The van der Waals surface area contributed by atoms with Gasteiger partial charge >= 0.3 is 0 Å². The summed E-state index contributed by atoms with van der Waals surface area (Å²) in [5.74, 6) is -0.365. The van der Waals surface area contributed by atoms with E-state index < -0.39 is 11.6 Å². The fourth-order valence-corrected chi connectivity index (χ4v) is 2.50. The number of hydrogen-bond acceptors (Lipinski definition) is 2. The smallest absolute Gasteiger partial charge is 0.142 e. The van der Waals surface area contributed by atoms with Gasteiger partial charge in [-0.25, -0.2) is 8.78 Å². The molecule has 1 aliphatic heterocycles. The Morgan fingerprint density at radius 2 is 1.89 bits per heavy atom. The molecular formula is C15H13F2NO. The van der Waals surface area contributed by atoms with Crippen molar-refractivity contribution in [2.24, 2.45) is 0 Å². The predicted molar refractivity (Wildman–Crippen MR) is 69.4 cm³/mol. The van der Waals surface area contributed by atoms with Gasteiger partial charge in [0.2, 0.25) is 0 Å². The van der Waals surface area contributed by atoms with Crippen LogP contribution in [-0.4, -0.2) is 7.11 Å². The van der Waals surface area contributed by atoms with Crippen LogP contribution in [0.1, 0.15) is 17.2 Å². The molecule has 2 aromatic carbocycles. The maximum Gasteiger partial charge on any atom is 0.142 e. The van der Waals surface area contributed by atoms with E-state index in [0.29, 0.717) is 12.0 Å². The third kappa shape index (κ3) is 2.14. The Labute approximate surface area is 110 Å². The van der Waals surface area contributed by atoms with E-state index in [9.17, 15) is 8.78 Å². The Hall–Kier alpha value is -2.10. The van der Waals surface area contributed by atoms with Crippen LogP contribution in [0.3, 0.4) is 0 Å². The van der Waals surface area contributed by atoms with Crippen LogP contribution in [0, 0.1) is 11.6 Å². The summed E-state index contributed by atoms with van der Waals surface area (Å²) in [5, 5.41) is 3.27. The Balaban J connectivity index is 1.95. The molecule has 3 rings (SSSR count). The molecule has 2 nitrogen and oxygen atoms in total. The fraction of sp³-hybridized carbons (Fsp3) is 0.200. The zero-order valence-electron chi connectivity index (χ0n) is 10.4. The molecule has 0 bridgehead atoms. The zero-order valence-corrected chi connectivity index (χ0v) is 10.4. The van der Waals surface area contributed by atoms with Crippen molar-refractivity contribution in [1.82, 2.24) is 0 Å². The molecule has 0 aliphatic carbocycles. The lowest BCUT2D eigenvalue weighted by Crippen LogP contribution is -2.07. The van der Waals surface area contributed by atoms with Crippen LogP contribution in [0.25, 0.3) is 0 Å². The van der Waals surface area contributed by atoms with Crippen LogP contribution in [0.2, 0.25) is 0 Å². The van der Waals surface area contributed by atoms with Crippen molar-refractivity contribution < 1.29 is 13.5 Å². The van der Waals surface area contributed by atoms with Gasteiger partial charge in [-0.15, -0.1) is 0 Å². The van der Waals surface area contributed by atoms with Crippen molar-refractivity contribution in [1.29, 1.82) is 0 Å². The quantitative estimate of drug-likeness (QED) is 0.890. The number of benzene rings is 2. The Morgan fingerprint density at radius 3 is 2.58 bits per heavy atom. The first-order chi connectivity index (χ1) is 9.17. The minimum Gasteiger partial charge on any atom is -0.495 e. The largest absolute Gasteiger partial charge is 0.495 e. The summed E-state index contributed by atoms with van der Waals surface area (Å²) in [5.41, 5.74) is 2.60. The molecule has 0 saturated carbocycles. The summed E-state index contributed by atoms with van der Waals surface area (Å²) in [6.45, 7) is 0. The molecular weight excluding hydrogens is 248 g/mol. The van der Waals surface area contributed by atoms with Gasteiger partial charge < -0.3 is 10.1 Å². The van der Waals surface area contributed by atoms with Gasteiger partial charge in [0, 0.05) is 6.07 Å². The highest BCUT2D eigenvalue weighted by atomic mass is 19.1. The van der Waals surface area contributed by atoms with Crippen LogP contribution in [0.5, 0.6) is 5.75 Å². The molecule has 1 atom stereocenters. The van der Waals surface area contributed by atoms with Gasteiger partial charge in [-0.2, -0.15) is 0 Å². The Kier molecular flexibility index (Phi) is 2.85. The van der Waals surface area contributed by atoms with Crippen molar-refractivity contribution in [2.75, 3.05) is 12.4 Å². The minimum absolute atomic E-state index is 0.128. The van der Waals surface area contributed by atoms with Crippen LogP contribution in [0.15, 0.2) is 36.4 Å². The van der Waals surface area contributed by atoms with Crippen molar-refractivity contribution in [3.8, 4) is 5.75 Å². The lowest BCUT2D eigenvalue weighted by molar-refractivity contribution is 0.416. The summed E-state index contributed by atoms with van der Waals surface area (Å²) in [7, 11) is 1.60. The molecule has 1 unspecified atom stereocenters. The second-order valence-corrected chi connectivity index (χ2v) is 4.60. The molecule has 0 amide bonds. The van der Waals surface area contributed by atoms with Gasteiger partial charge in [-0.05, 0) is 35.7 Å². The Bertz CT molecular complexity index is 607. The van der Waals surface area contributed by atoms with Crippen molar-refractivity contribution in [2.45, 2.75) is 12.5 Å². The second-order valence-electron chi connectivity index (χ2n) is 4.60. The molecule has 0 radical (unpaired) electrons. The number of halogens is 2. The summed E-state index contributed by atoms with van der Waals surface area (Å²) >= 11 is 0. The molecule has 4 heteroatoms. The van der Waals surface area contributed by atoms with Crippen LogP contribution in [-0.2, 0) is 6.42 Å². The average Bonchev–Trinajstić information content (AvgIpc) is 2.81. The summed E-state index contributed by atoms with van der Waals surface area (Å²) < 4.78 is 31.8. The molecule has 0 aromatic heterocycles. The topological polar surface area (TPSA) is 21.3 Å². The van der Waals surface area contributed by atoms with Crippen LogP contribution in [0.4, 0.5) is 14.5 Å². The molecule has 0 spiro atoms. The maximum absolute atomic E-state index is 13.3. The SMILES string of the molecule is COc1cccc2c1NC(c1cc(F)cc(F)c1)C2. The molecule has 1 N–H and O–H groups in total. The maximum atomic E-state index is 13.3. The van der Waals surface area contributed by atoms with Gasteiger partial charge in [0.25, 0.3) is 0 Å². The monoisotopic (exact) mass is 261 g/mol. The van der Waals surface area contributed by atoms with Gasteiger partial charge in [-0.3, -0.25) is 0 Å². The standard InChI is InChI=1S/C15H13F2NO/c1-19-14-4-2-3-9-7-13(18-15(9)14)10-5-11(16)8-12(17)6-10/h2-6,8,13,18H,7H2,1H3. The fourth-order valence-electron chi connectivity index (χ4n) is 2.50. The minimum atomic E-state index is -0.556. The van der Waals surface area contributed by atoms with E-state index in [2.05, 4.69) is 5.32 Å².